The van der Waals surface area contributed by atoms with Gasteiger partial charge in [-0.05, 0) is 18.6 Å². The number of aromatic amines is 1. The molecule has 0 aliphatic rings. The number of nitrogen functional groups attached to an aromatic ring is 1. The molecule has 94 valence electrons. The Balaban J connectivity index is 3.12. The molecule has 1 rings (SSSR count). The van der Waals surface area contributed by atoms with Crippen LogP contribution in [0.15, 0.2) is 10.9 Å². The van der Waals surface area contributed by atoms with Gasteiger partial charge in [0.1, 0.15) is 5.82 Å². The first-order valence-electron chi connectivity index (χ1n) is 4.91. The zero-order chi connectivity index (χ0) is 13.0. The van der Waals surface area contributed by atoms with E-state index in [4.69, 9.17) is 5.73 Å². The van der Waals surface area contributed by atoms with Gasteiger partial charge in [-0.2, -0.15) is 0 Å². The quantitative estimate of drug-likeness (QED) is 0.776. The summed E-state index contributed by atoms with van der Waals surface area (Å²) >= 11 is 0. The first kappa shape index (κ1) is 13.1. The Labute approximate surface area is 95.6 Å². The highest BCUT2D eigenvalue weighted by Gasteiger charge is 2.20. The van der Waals surface area contributed by atoms with Crippen LogP contribution in [0.25, 0.3) is 0 Å². The van der Waals surface area contributed by atoms with Crippen molar-refractivity contribution < 1.29 is 18.3 Å². The molecule has 0 aliphatic carbocycles. The second-order valence-corrected chi connectivity index (χ2v) is 3.28. The van der Waals surface area contributed by atoms with Crippen LogP contribution < -0.4 is 11.3 Å². The number of nitrogens with two attached hydrogens (primary N) is 1. The number of hydrogen-bond acceptors (Lipinski definition) is 4. The van der Waals surface area contributed by atoms with Crippen LogP contribution in [0.5, 0.6) is 0 Å². The summed E-state index contributed by atoms with van der Waals surface area (Å²) in [7, 11) is 0. The molecule has 1 heterocycles. The third kappa shape index (κ3) is 3.27. The minimum Gasteiger partial charge on any atom is -0.466 e. The first-order chi connectivity index (χ1) is 7.95. The van der Waals surface area contributed by atoms with Crippen molar-refractivity contribution in [1.29, 1.82) is 0 Å². The molecule has 0 amide bonds. The molecule has 0 atom stereocenters. The maximum atomic E-state index is 12.6. The van der Waals surface area contributed by atoms with E-state index in [0.29, 0.717) is 0 Å². The molecule has 7 heteroatoms. The minimum atomic E-state index is -2.97. The normalized spacial score (nSPS) is 10.6. The van der Waals surface area contributed by atoms with Gasteiger partial charge in [-0.1, -0.05) is 0 Å². The van der Waals surface area contributed by atoms with Gasteiger partial charge < -0.3 is 15.5 Å². The number of esters is 1. The van der Waals surface area contributed by atoms with Crippen molar-refractivity contribution in [3.8, 4) is 0 Å². The molecule has 17 heavy (non-hydrogen) atoms. The van der Waals surface area contributed by atoms with Crippen LogP contribution in [-0.2, 0) is 16.0 Å². The maximum Gasteiger partial charge on any atom is 0.310 e. The zero-order valence-electron chi connectivity index (χ0n) is 9.13. The Bertz CT molecular complexity index is 471. The number of nitrogens with one attached hydrogen (secondary N) is 1. The van der Waals surface area contributed by atoms with Crippen LogP contribution in [0.2, 0.25) is 0 Å². The number of pyridine rings is 1. The summed E-state index contributed by atoms with van der Waals surface area (Å²) in [5.74, 6) is -0.752. The Morgan fingerprint density at radius 2 is 2.24 bits per heavy atom. The zero-order valence-corrected chi connectivity index (χ0v) is 9.13. The number of H-pyrrole nitrogens is 1. The summed E-state index contributed by atoms with van der Waals surface area (Å²) in [4.78, 5) is 24.5. The Morgan fingerprint density at radius 1 is 1.59 bits per heavy atom. The van der Waals surface area contributed by atoms with E-state index in [1.165, 1.54) is 0 Å². The number of ether oxygens (including phenoxy) is 1. The van der Waals surface area contributed by atoms with Crippen LogP contribution in [0, 0.1) is 0 Å². The van der Waals surface area contributed by atoms with E-state index in [0.717, 1.165) is 6.07 Å². The van der Waals surface area contributed by atoms with E-state index in [1.807, 2.05) is 0 Å². The number of hydrogen-bond donors (Lipinski definition) is 2. The Morgan fingerprint density at radius 3 is 2.76 bits per heavy atom. The summed E-state index contributed by atoms with van der Waals surface area (Å²) in [6, 6.07) is 1.14. The highest BCUT2D eigenvalue weighted by atomic mass is 19.3. The van der Waals surface area contributed by atoms with Gasteiger partial charge in [0.15, 0.2) is 0 Å². The average Bonchev–Trinajstić information content (AvgIpc) is 2.15. The van der Waals surface area contributed by atoms with Gasteiger partial charge in [0.2, 0.25) is 0 Å². The summed E-state index contributed by atoms with van der Waals surface area (Å²) in [5.41, 5.74) is 3.48. The van der Waals surface area contributed by atoms with Gasteiger partial charge in [0, 0.05) is 0 Å². The van der Waals surface area contributed by atoms with Crippen molar-refractivity contribution in [2.24, 2.45) is 0 Å². The molecule has 0 aliphatic heterocycles. The number of alkyl halides is 2. The molecule has 0 radical (unpaired) electrons. The van der Waals surface area contributed by atoms with E-state index >= 15 is 0 Å². The minimum absolute atomic E-state index is 0.0706. The largest absolute Gasteiger partial charge is 0.466 e. The van der Waals surface area contributed by atoms with Gasteiger partial charge in [-0.3, -0.25) is 9.59 Å². The van der Waals surface area contributed by atoms with E-state index in [2.05, 4.69) is 9.72 Å². The van der Waals surface area contributed by atoms with E-state index < -0.39 is 29.9 Å². The van der Waals surface area contributed by atoms with Gasteiger partial charge in [0.05, 0.1) is 18.6 Å². The number of carbonyl (C=O) groups is 1. The molecule has 5 nitrogen and oxygen atoms in total. The molecular weight excluding hydrogens is 234 g/mol. The lowest BCUT2D eigenvalue weighted by Gasteiger charge is -2.08. The molecule has 1 aromatic heterocycles. The maximum absolute atomic E-state index is 12.6. The lowest BCUT2D eigenvalue weighted by molar-refractivity contribution is -0.142. The van der Waals surface area contributed by atoms with Gasteiger partial charge in [-0.15, -0.1) is 0 Å². The second-order valence-electron chi connectivity index (χ2n) is 3.28. The molecule has 0 aromatic carbocycles. The Kier molecular flexibility index (Phi) is 4.19. The molecule has 0 saturated carbocycles. The molecular formula is C10H12F2N2O3. The fraction of sp³-hybridized carbons (Fsp3) is 0.400. The molecule has 0 spiro atoms. The van der Waals surface area contributed by atoms with Crippen molar-refractivity contribution >= 4 is 11.8 Å². The highest BCUT2D eigenvalue weighted by Crippen LogP contribution is 2.20. The topological polar surface area (TPSA) is 85.2 Å². The lowest BCUT2D eigenvalue weighted by Crippen LogP contribution is -2.20. The van der Waals surface area contributed by atoms with Crippen molar-refractivity contribution in [3.63, 3.8) is 0 Å². The summed E-state index contributed by atoms with van der Waals surface area (Å²) in [6.45, 7) is 1.74. The van der Waals surface area contributed by atoms with Crippen LogP contribution in [0.1, 0.15) is 24.5 Å². The average molecular weight is 246 g/mol. The second kappa shape index (κ2) is 5.42. The number of halogens is 2. The van der Waals surface area contributed by atoms with Gasteiger partial charge >= 0.3 is 5.97 Å². The van der Waals surface area contributed by atoms with Crippen molar-refractivity contribution in [2.45, 2.75) is 19.8 Å². The fourth-order valence-electron chi connectivity index (χ4n) is 1.40. The summed E-state index contributed by atoms with van der Waals surface area (Å²) < 4.78 is 29.9. The smallest absolute Gasteiger partial charge is 0.310 e. The predicted molar refractivity (Wildman–Crippen MR) is 56.8 cm³/mol. The van der Waals surface area contributed by atoms with Crippen LogP contribution in [0.4, 0.5) is 14.6 Å². The third-order valence-corrected chi connectivity index (χ3v) is 2.04. The number of anilines is 1. The summed E-state index contributed by atoms with van der Waals surface area (Å²) in [6.07, 6.45) is -3.37. The summed E-state index contributed by atoms with van der Waals surface area (Å²) in [5, 5.41) is 0. The van der Waals surface area contributed by atoms with Crippen molar-refractivity contribution in [2.75, 3.05) is 12.3 Å². The molecule has 1 aromatic rings. The number of carbonyl (C=O) groups excluding carboxylic acids is 1. The van der Waals surface area contributed by atoms with Gasteiger partial charge in [-0.25, -0.2) is 8.78 Å². The lowest BCUT2D eigenvalue weighted by atomic mass is 10.1. The number of rotatable bonds is 4. The van der Waals surface area contributed by atoms with E-state index in [-0.39, 0.29) is 18.0 Å². The first-order valence-corrected chi connectivity index (χ1v) is 4.91. The molecule has 0 bridgehead atoms. The highest BCUT2D eigenvalue weighted by molar-refractivity contribution is 5.73. The third-order valence-electron chi connectivity index (χ3n) is 2.04. The number of aromatic nitrogens is 1. The predicted octanol–water partition coefficient (Wildman–Crippen LogP) is 1.00. The SMILES string of the molecule is CCOC(=O)Cc1cc(N)[nH]c(=O)c1C(F)F. The monoisotopic (exact) mass is 246 g/mol. The Hall–Kier alpha value is -1.92. The van der Waals surface area contributed by atoms with Crippen molar-refractivity contribution in [3.05, 3.63) is 27.5 Å². The van der Waals surface area contributed by atoms with E-state index in [1.54, 1.807) is 6.92 Å². The van der Waals surface area contributed by atoms with Crippen LogP contribution >= 0.6 is 0 Å². The fourth-order valence-corrected chi connectivity index (χ4v) is 1.40. The van der Waals surface area contributed by atoms with Crippen molar-refractivity contribution in [1.82, 2.24) is 4.98 Å². The molecule has 0 fully saturated rings. The molecule has 3 N–H and O–H groups in total. The van der Waals surface area contributed by atoms with Crippen LogP contribution in [0.3, 0.4) is 0 Å². The standard InChI is InChI=1S/C10H12F2N2O3/c1-2-17-7(15)4-5-3-6(13)14-10(16)8(5)9(11)12/h3,9H,2,4H2,1H3,(H3,13,14,16). The molecule has 0 unspecified atom stereocenters. The van der Waals surface area contributed by atoms with Crippen LogP contribution in [-0.4, -0.2) is 17.6 Å². The van der Waals surface area contributed by atoms with Gasteiger partial charge in [0.25, 0.3) is 12.0 Å². The molecule has 0 saturated heterocycles. The van der Waals surface area contributed by atoms with E-state index in [9.17, 15) is 18.4 Å².